The van der Waals surface area contributed by atoms with Crippen LogP contribution in [0.15, 0.2) is 54.6 Å². The van der Waals surface area contributed by atoms with Crippen LogP contribution in [0.25, 0.3) is 0 Å². The fraction of sp³-hybridized carbons (Fsp3) is 0.333. The van der Waals surface area contributed by atoms with Gasteiger partial charge in [-0.2, -0.15) is 0 Å². The molecule has 0 radical (unpaired) electrons. The van der Waals surface area contributed by atoms with Gasteiger partial charge in [0.2, 0.25) is 0 Å². The van der Waals surface area contributed by atoms with Crippen LogP contribution in [0.2, 0.25) is 0 Å². The van der Waals surface area contributed by atoms with E-state index in [4.69, 9.17) is 0 Å². The third-order valence-corrected chi connectivity index (χ3v) is 4.24. The average molecular weight is 251 g/mol. The summed E-state index contributed by atoms with van der Waals surface area (Å²) in [6.45, 7) is 4.57. The Morgan fingerprint density at radius 3 is 2.16 bits per heavy atom. The molecule has 0 amide bonds. The normalized spacial score (nSPS) is 16.6. The van der Waals surface area contributed by atoms with Crippen LogP contribution in [0.4, 0.5) is 5.69 Å². The van der Waals surface area contributed by atoms with E-state index in [1.807, 2.05) is 0 Å². The number of anilines is 1. The predicted octanol–water partition coefficient (Wildman–Crippen LogP) is 4.38. The molecule has 0 aliphatic carbocycles. The number of para-hydroxylation sites is 1. The van der Waals surface area contributed by atoms with Crippen molar-refractivity contribution in [1.29, 1.82) is 0 Å². The average Bonchev–Trinajstić information content (AvgIpc) is 2.49. The number of hydrogen-bond acceptors (Lipinski definition) is 1. The van der Waals surface area contributed by atoms with Gasteiger partial charge in [0.05, 0.1) is 0 Å². The minimum absolute atomic E-state index is 0.737. The van der Waals surface area contributed by atoms with Crippen LogP contribution < -0.4 is 4.90 Å². The van der Waals surface area contributed by atoms with Crippen molar-refractivity contribution in [3.05, 3.63) is 65.7 Å². The van der Waals surface area contributed by atoms with E-state index in [9.17, 15) is 0 Å². The molecule has 1 heterocycles. The van der Waals surface area contributed by atoms with Crippen LogP contribution in [-0.4, -0.2) is 13.1 Å². The van der Waals surface area contributed by atoms with E-state index in [0.717, 1.165) is 5.92 Å². The Labute approximate surface area is 115 Å². The van der Waals surface area contributed by atoms with E-state index >= 15 is 0 Å². The zero-order valence-electron chi connectivity index (χ0n) is 11.5. The van der Waals surface area contributed by atoms with Gasteiger partial charge in [-0.15, -0.1) is 0 Å². The van der Waals surface area contributed by atoms with E-state index in [0.29, 0.717) is 0 Å². The molecule has 2 aromatic carbocycles. The lowest BCUT2D eigenvalue weighted by molar-refractivity contribution is 0.504. The van der Waals surface area contributed by atoms with Crippen molar-refractivity contribution in [3.63, 3.8) is 0 Å². The molecule has 19 heavy (non-hydrogen) atoms. The summed E-state index contributed by atoms with van der Waals surface area (Å²) in [5, 5.41) is 0. The van der Waals surface area contributed by atoms with Gasteiger partial charge in [-0.3, -0.25) is 0 Å². The molecule has 1 fully saturated rings. The number of benzene rings is 2. The molecular weight excluding hydrogens is 230 g/mol. The molecule has 1 nitrogen and oxygen atoms in total. The van der Waals surface area contributed by atoms with Gasteiger partial charge >= 0.3 is 0 Å². The van der Waals surface area contributed by atoms with Gasteiger partial charge in [0.25, 0.3) is 0 Å². The lowest BCUT2D eigenvalue weighted by atomic mass is 9.87. The van der Waals surface area contributed by atoms with Crippen LogP contribution in [0.1, 0.15) is 29.9 Å². The van der Waals surface area contributed by atoms with E-state index in [-0.39, 0.29) is 0 Å². The first-order valence-corrected chi connectivity index (χ1v) is 7.20. The van der Waals surface area contributed by atoms with Crippen molar-refractivity contribution in [3.8, 4) is 0 Å². The van der Waals surface area contributed by atoms with Crippen molar-refractivity contribution in [2.45, 2.75) is 25.7 Å². The maximum Gasteiger partial charge on any atom is 0.0366 e. The third-order valence-electron chi connectivity index (χ3n) is 4.24. The van der Waals surface area contributed by atoms with Gasteiger partial charge in [-0.25, -0.2) is 0 Å². The first kappa shape index (κ1) is 12.3. The summed E-state index contributed by atoms with van der Waals surface area (Å²) >= 11 is 0. The van der Waals surface area contributed by atoms with Gasteiger partial charge in [0, 0.05) is 18.8 Å². The summed E-state index contributed by atoms with van der Waals surface area (Å²) in [5.74, 6) is 0.737. The molecule has 0 unspecified atom stereocenters. The summed E-state index contributed by atoms with van der Waals surface area (Å²) in [7, 11) is 0. The fourth-order valence-electron chi connectivity index (χ4n) is 3.13. The lowest BCUT2D eigenvalue weighted by Gasteiger charge is -2.34. The third kappa shape index (κ3) is 2.65. The molecule has 1 heteroatoms. The molecule has 0 saturated carbocycles. The maximum atomic E-state index is 2.51. The zero-order valence-corrected chi connectivity index (χ0v) is 11.5. The summed E-state index contributed by atoms with van der Waals surface area (Å²) in [5.41, 5.74) is 4.36. The molecule has 0 bridgehead atoms. The Hall–Kier alpha value is -1.76. The Morgan fingerprint density at radius 2 is 1.47 bits per heavy atom. The minimum atomic E-state index is 0.737. The van der Waals surface area contributed by atoms with Crippen LogP contribution in [0, 0.1) is 6.92 Å². The topological polar surface area (TPSA) is 3.24 Å². The summed E-state index contributed by atoms with van der Waals surface area (Å²) < 4.78 is 0. The molecule has 2 aromatic rings. The van der Waals surface area contributed by atoms with Gasteiger partial charge in [-0.1, -0.05) is 42.5 Å². The van der Waals surface area contributed by atoms with E-state index in [1.54, 1.807) is 5.56 Å². The molecule has 0 atom stereocenters. The lowest BCUT2D eigenvalue weighted by Crippen LogP contribution is -2.32. The first-order valence-electron chi connectivity index (χ1n) is 7.20. The van der Waals surface area contributed by atoms with E-state index in [1.165, 1.54) is 37.2 Å². The van der Waals surface area contributed by atoms with Crippen LogP contribution in [0.5, 0.6) is 0 Å². The monoisotopic (exact) mass is 251 g/mol. The Morgan fingerprint density at radius 1 is 0.842 bits per heavy atom. The SMILES string of the molecule is Cc1ccccc1C1CCN(c2ccccc2)CC1. The molecule has 0 spiro atoms. The highest BCUT2D eigenvalue weighted by molar-refractivity contribution is 5.46. The van der Waals surface area contributed by atoms with Gasteiger partial charge in [0.15, 0.2) is 0 Å². The van der Waals surface area contributed by atoms with E-state index < -0.39 is 0 Å². The molecule has 0 aromatic heterocycles. The first-order chi connectivity index (χ1) is 9.34. The smallest absolute Gasteiger partial charge is 0.0366 e. The molecule has 3 rings (SSSR count). The van der Waals surface area contributed by atoms with Crippen molar-refractivity contribution in [2.75, 3.05) is 18.0 Å². The number of nitrogens with zero attached hydrogens (tertiary/aromatic N) is 1. The molecule has 98 valence electrons. The molecule has 1 aliphatic rings. The standard InChI is InChI=1S/C18H21N/c1-15-7-5-6-10-18(15)16-11-13-19(14-12-16)17-8-3-2-4-9-17/h2-10,16H,11-14H2,1H3. The van der Waals surface area contributed by atoms with Gasteiger partial charge in [0.1, 0.15) is 0 Å². The Kier molecular flexibility index (Phi) is 3.54. The number of hydrogen-bond donors (Lipinski definition) is 0. The highest BCUT2D eigenvalue weighted by Crippen LogP contribution is 2.31. The molecular formula is C18H21N. The summed E-state index contributed by atoms with van der Waals surface area (Å²) in [6.07, 6.45) is 2.53. The van der Waals surface area contributed by atoms with Crippen molar-refractivity contribution < 1.29 is 0 Å². The second-order valence-electron chi connectivity index (χ2n) is 5.45. The number of rotatable bonds is 2. The highest BCUT2D eigenvalue weighted by Gasteiger charge is 2.21. The molecule has 1 saturated heterocycles. The van der Waals surface area contributed by atoms with Crippen LogP contribution in [0.3, 0.4) is 0 Å². The maximum absolute atomic E-state index is 2.51. The fourth-order valence-corrected chi connectivity index (χ4v) is 3.13. The second kappa shape index (κ2) is 5.48. The van der Waals surface area contributed by atoms with Crippen molar-refractivity contribution >= 4 is 5.69 Å². The van der Waals surface area contributed by atoms with Crippen LogP contribution >= 0.6 is 0 Å². The highest BCUT2D eigenvalue weighted by atomic mass is 15.1. The molecule has 0 N–H and O–H groups in total. The largest absolute Gasteiger partial charge is 0.371 e. The second-order valence-corrected chi connectivity index (χ2v) is 5.45. The Bertz CT molecular complexity index is 524. The summed E-state index contributed by atoms with van der Waals surface area (Å²) in [4.78, 5) is 2.51. The zero-order chi connectivity index (χ0) is 13.1. The van der Waals surface area contributed by atoms with E-state index in [2.05, 4.69) is 66.4 Å². The van der Waals surface area contributed by atoms with Crippen molar-refractivity contribution in [2.24, 2.45) is 0 Å². The quantitative estimate of drug-likeness (QED) is 0.765. The van der Waals surface area contributed by atoms with Crippen LogP contribution in [-0.2, 0) is 0 Å². The predicted molar refractivity (Wildman–Crippen MR) is 81.8 cm³/mol. The Balaban J connectivity index is 1.69. The molecule has 1 aliphatic heterocycles. The number of piperidine rings is 1. The minimum Gasteiger partial charge on any atom is -0.371 e. The van der Waals surface area contributed by atoms with Gasteiger partial charge in [-0.05, 0) is 48.9 Å². The number of aryl methyl sites for hydroxylation is 1. The summed E-state index contributed by atoms with van der Waals surface area (Å²) in [6, 6.07) is 19.6. The van der Waals surface area contributed by atoms with Crippen molar-refractivity contribution in [1.82, 2.24) is 0 Å². The van der Waals surface area contributed by atoms with Gasteiger partial charge < -0.3 is 4.90 Å².